The van der Waals surface area contributed by atoms with E-state index >= 15 is 0 Å². The third-order valence-electron chi connectivity index (χ3n) is 1.98. The molecule has 0 spiro atoms. The first-order valence-electron chi connectivity index (χ1n) is 5.50. The number of para-hydroxylation sites is 1. The highest BCUT2D eigenvalue weighted by molar-refractivity contribution is 5.74. The maximum Gasteiger partial charge on any atom is 0.314 e. The van der Waals surface area contributed by atoms with Crippen molar-refractivity contribution in [3.8, 4) is 5.75 Å². The summed E-state index contributed by atoms with van der Waals surface area (Å²) in [5, 5.41) is 0. The van der Waals surface area contributed by atoms with Crippen molar-refractivity contribution in [1.29, 1.82) is 0 Å². The van der Waals surface area contributed by atoms with Crippen molar-refractivity contribution in [3.63, 3.8) is 0 Å². The van der Waals surface area contributed by atoms with E-state index in [0.29, 0.717) is 5.75 Å². The van der Waals surface area contributed by atoms with Crippen LogP contribution >= 0.6 is 0 Å². The first kappa shape index (κ1) is 13.7. The normalized spacial score (nSPS) is 10.9. The summed E-state index contributed by atoms with van der Waals surface area (Å²) in [4.78, 5) is 11.3. The molecule has 2 nitrogen and oxygen atoms in total. The molecule has 2 heteroatoms. The molecule has 1 atom stereocenters. The maximum absolute atomic E-state index is 11.3. The highest BCUT2D eigenvalue weighted by Gasteiger charge is 2.12. The second-order valence-electron chi connectivity index (χ2n) is 3.04. The van der Waals surface area contributed by atoms with Crippen molar-refractivity contribution in [2.75, 3.05) is 0 Å². The van der Waals surface area contributed by atoms with Crippen LogP contribution in [0.15, 0.2) is 30.3 Å². The third-order valence-corrected chi connectivity index (χ3v) is 1.98. The Morgan fingerprint density at radius 2 is 1.80 bits per heavy atom. The molecule has 0 saturated heterocycles. The van der Waals surface area contributed by atoms with Crippen LogP contribution in [-0.4, -0.2) is 5.97 Å². The Morgan fingerprint density at radius 3 is 2.27 bits per heavy atom. The number of carbonyl (C=O) groups is 1. The average molecular weight is 208 g/mol. The summed E-state index contributed by atoms with van der Waals surface area (Å²) in [6.07, 6.45) is 0.811. The molecule has 0 amide bonds. The monoisotopic (exact) mass is 208 g/mol. The Balaban J connectivity index is 0.000000921. The second kappa shape index (κ2) is 8.04. The fourth-order valence-corrected chi connectivity index (χ4v) is 0.872. The smallest absolute Gasteiger partial charge is 0.314 e. The number of esters is 1. The molecule has 1 rings (SSSR count). The zero-order chi connectivity index (χ0) is 11.7. The van der Waals surface area contributed by atoms with Crippen LogP contribution in [0.3, 0.4) is 0 Å². The molecule has 0 radical (unpaired) electrons. The Labute approximate surface area is 92.3 Å². The van der Waals surface area contributed by atoms with Gasteiger partial charge in [0.15, 0.2) is 0 Å². The van der Waals surface area contributed by atoms with Gasteiger partial charge in [0.1, 0.15) is 5.75 Å². The van der Waals surface area contributed by atoms with Gasteiger partial charge >= 0.3 is 5.97 Å². The van der Waals surface area contributed by atoms with Crippen LogP contribution in [0.2, 0.25) is 0 Å². The maximum atomic E-state index is 11.3. The predicted octanol–water partition coefficient (Wildman–Crippen LogP) is 3.66. The van der Waals surface area contributed by atoms with Gasteiger partial charge in [0.25, 0.3) is 0 Å². The zero-order valence-electron chi connectivity index (χ0n) is 9.99. The van der Waals surface area contributed by atoms with E-state index in [9.17, 15) is 4.79 Å². The van der Waals surface area contributed by atoms with Crippen molar-refractivity contribution in [2.24, 2.45) is 5.92 Å². The first-order valence-corrected chi connectivity index (χ1v) is 5.50. The van der Waals surface area contributed by atoms with E-state index in [1.165, 1.54) is 0 Å². The zero-order valence-corrected chi connectivity index (χ0v) is 9.99. The van der Waals surface area contributed by atoms with Gasteiger partial charge in [0.2, 0.25) is 0 Å². The van der Waals surface area contributed by atoms with Gasteiger partial charge in [-0.25, -0.2) is 0 Å². The van der Waals surface area contributed by atoms with E-state index in [1.54, 1.807) is 12.1 Å². The molecule has 0 aromatic heterocycles. The molecule has 1 aromatic rings. The minimum atomic E-state index is -0.159. The van der Waals surface area contributed by atoms with Gasteiger partial charge < -0.3 is 4.74 Å². The van der Waals surface area contributed by atoms with Crippen LogP contribution in [0.25, 0.3) is 0 Å². The van der Waals surface area contributed by atoms with Gasteiger partial charge in [-0.1, -0.05) is 45.9 Å². The van der Waals surface area contributed by atoms with E-state index in [2.05, 4.69) is 0 Å². The van der Waals surface area contributed by atoms with Crippen molar-refractivity contribution in [1.82, 2.24) is 0 Å². The first-order chi connectivity index (χ1) is 7.24. The van der Waals surface area contributed by atoms with Crippen LogP contribution < -0.4 is 4.74 Å². The second-order valence-corrected chi connectivity index (χ2v) is 3.04. The standard InChI is InChI=1S/C11H14O2.C2H6/c1-3-9(2)11(12)13-10-7-5-4-6-8-10;1-2/h4-9H,3H2,1-2H3;1-2H3. The van der Waals surface area contributed by atoms with E-state index in [-0.39, 0.29) is 11.9 Å². The highest BCUT2D eigenvalue weighted by Crippen LogP contribution is 2.12. The Bertz CT molecular complexity index is 267. The molecule has 0 aliphatic carbocycles. The molecule has 1 unspecified atom stereocenters. The molecule has 0 aliphatic heterocycles. The molecule has 0 N–H and O–H groups in total. The minimum Gasteiger partial charge on any atom is -0.426 e. The Morgan fingerprint density at radius 1 is 1.27 bits per heavy atom. The van der Waals surface area contributed by atoms with Crippen molar-refractivity contribution >= 4 is 5.97 Å². The predicted molar refractivity (Wildman–Crippen MR) is 62.9 cm³/mol. The lowest BCUT2D eigenvalue weighted by molar-refractivity contribution is -0.138. The van der Waals surface area contributed by atoms with Crippen molar-refractivity contribution in [3.05, 3.63) is 30.3 Å². The lowest BCUT2D eigenvalue weighted by atomic mass is 10.1. The van der Waals surface area contributed by atoms with Crippen molar-refractivity contribution < 1.29 is 9.53 Å². The Kier molecular flexibility index (Phi) is 7.33. The van der Waals surface area contributed by atoms with Gasteiger partial charge in [-0.05, 0) is 18.6 Å². The quantitative estimate of drug-likeness (QED) is 0.559. The van der Waals surface area contributed by atoms with Gasteiger partial charge in [-0.3, -0.25) is 4.79 Å². The topological polar surface area (TPSA) is 26.3 Å². The third kappa shape index (κ3) is 5.21. The van der Waals surface area contributed by atoms with E-state index < -0.39 is 0 Å². The van der Waals surface area contributed by atoms with Gasteiger partial charge in [-0.2, -0.15) is 0 Å². The summed E-state index contributed by atoms with van der Waals surface area (Å²) < 4.78 is 5.13. The van der Waals surface area contributed by atoms with Gasteiger partial charge in [0, 0.05) is 0 Å². The van der Waals surface area contributed by atoms with Gasteiger partial charge in [0.05, 0.1) is 5.92 Å². The molecule has 1 aromatic carbocycles. The summed E-state index contributed by atoms with van der Waals surface area (Å²) >= 11 is 0. The number of rotatable bonds is 3. The molecule has 15 heavy (non-hydrogen) atoms. The molecular formula is C13H20O2. The SMILES string of the molecule is CC.CCC(C)C(=O)Oc1ccccc1. The van der Waals surface area contributed by atoms with Gasteiger partial charge in [-0.15, -0.1) is 0 Å². The Hall–Kier alpha value is -1.31. The van der Waals surface area contributed by atoms with E-state index in [4.69, 9.17) is 4.74 Å². The molecule has 0 fully saturated rings. The van der Waals surface area contributed by atoms with Crippen LogP contribution in [-0.2, 0) is 4.79 Å². The fourth-order valence-electron chi connectivity index (χ4n) is 0.872. The lowest BCUT2D eigenvalue weighted by Crippen LogP contribution is -2.16. The van der Waals surface area contributed by atoms with E-state index in [0.717, 1.165) is 6.42 Å². The molecule has 0 saturated carbocycles. The van der Waals surface area contributed by atoms with E-state index in [1.807, 2.05) is 45.9 Å². The van der Waals surface area contributed by atoms with Crippen LogP contribution in [0.1, 0.15) is 34.1 Å². The molecule has 0 bridgehead atoms. The number of ether oxygens (including phenoxy) is 1. The molecule has 0 aliphatic rings. The number of benzene rings is 1. The summed E-state index contributed by atoms with van der Waals surface area (Å²) in [5.41, 5.74) is 0. The van der Waals surface area contributed by atoms with Crippen molar-refractivity contribution in [2.45, 2.75) is 34.1 Å². The summed E-state index contributed by atoms with van der Waals surface area (Å²) in [6, 6.07) is 9.14. The largest absolute Gasteiger partial charge is 0.426 e. The highest BCUT2D eigenvalue weighted by atomic mass is 16.5. The number of hydrogen-bond donors (Lipinski definition) is 0. The molecule has 84 valence electrons. The average Bonchev–Trinajstić information content (AvgIpc) is 2.32. The van der Waals surface area contributed by atoms with Crippen LogP contribution in [0, 0.1) is 5.92 Å². The fraction of sp³-hybridized carbons (Fsp3) is 0.462. The number of carbonyl (C=O) groups excluding carboxylic acids is 1. The summed E-state index contributed by atoms with van der Waals surface area (Å²) in [6.45, 7) is 7.84. The van der Waals surface area contributed by atoms with Crippen LogP contribution in [0.5, 0.6) is 5.75 Å². The van der Waals surface area contributed by atoms with Crippen LogP contribution in [0.4, 0.5) is 0 Å². The molecule has 0 heterocycles. The molecular weight excluding hydrogens is 188 g/mol. The minimum absolute atomic E-state index is 0.0276. The number of hydrogen-bond acceptors (Lipinski definition) is 2. The lowest BCUT2D eigenvalue weighted by Gasteiger charge is -2.07. The summed E-state index contributed by atoms with van der Waals surface area (Å²) in [5.74, 6) is 0.432. The summed E-state index contributed by atoms with van der Waals surface area (Å²) in [7, 11) is 0.